The van der Waals surface area contributed by atoms with Gasteiger partial charge in [0.2, 0.25) is 5.52 Å². The largest absolute Gasteiger partial charge is 0.216 e. The van der Waals surface area contributed by atoms with Crippen LogP contribution in [0.25, 0.3) is 22.0 Å². The maximum absolute atomic E-state index is 2.44. The third-order valence-corrected chi connectivity index (χ3v) is 5.60. The molecule has 0 bridgehead atoms. The van der Waals surface area contributed by atoms with Gasteiger partial charge >= 0.3 is 0 Å². The molecule has 2 heterocycles. The lowest BCUT2D eigenvalue weighted by atomic mass is 9.83. The predicted molar refractivity (Wildman–Crippen MR) is 107 cm³/mol. The highest BCUT2D eigenvalue weighted by Crippen LogP contribution is 2.38. The normalized spacial score (nSPS) is 16.0. The van der Waals surface area contributed by atoms with Gasteiger partial charge in [-0.25, -0.2) is 0 Å². The third kappa shape index (κ3) is 2.43. The van der Waals surface area contributed by atoms with Crippen LogP contribution in [-0.4, -0.2) is 0 Å². The van der Waals surface area contributed by atoms with Gasteiger partial charge in [-0.3, -0.25) is 0 Å². The molecule has 0 spiro atoms. The maximum Gasteiger partial charge on any atom is 0.216 e. The van der Waals surface area contributed by atoms with Crippen LogP contribution in [0.15, 0.2) is 85.1 Å². The van der Waals surface area contributed by atoms with Crippen LogP contribution in [0.4, 0.5) is 0 Å². The number of aromatic nitrogens is 1. The highest BCUT2D eigenvalue weighted by atomic mass is 15.0. The lowest BCUT2D eigenvalue weighted by molar-refractivity contribution is -0.674. The zero-order valence-electron chi connectivity index (χ0n) is 15.0. The van der Waals surface area contributed by atoms with Crippen molar-refractivity contribution in [2.75, 3.05) is 0 Å². The Kier molecular flexibility index (Phi) is 3.60. The minimum Gasteiger partial charge on any atom is -0.198 e. The van der Waals surface area contributed by atoms with Crippen LogP contribution >= 0.6 is 0 Å². The van der Waals surface area contributed by atoms with Gasteiger partial charge in [0.25, 0.3) is 0 Å². The first-order valence-electron chi connectivity index (χ1n) is 9.38. The number of aryl methyl sites for hydroxylation is 2. The quantitative estimate of drug-likeness (QED) is 0.417. The third-order valence-electron chi connectivity index (χ3n) is 5.60. The molecule has 0 N–H and O–H groups in total. The minimum absolute atomic E-state index is 0.477. The molecule has 1 aliphatic rings. The predicted octanol–water partition coefficient (Wildman–Crippen LogP) is 5.64. The topological polar surface area (TPSA) is 3.88 Å². The number of pyridine rings is 1. The molecule has 1 heteroatoms. The fourth-order valence-electron chi connectivity index (χ4n) is 4.44. The first-order chi connectivity index (χ1) is 12.8. The zero-order valence-corrected chi connectivity index (χ0v) is 15.0. The zero-order chi connectivity index (χ0) is 17.5. The van der Waals surface area contributed by atoms with Crippen LogP contribution in [0.2, 0.25) is 0 Å². The fourth-order valence-corrected chi connectivity index (χ4v) is 4.44. The number of benzene rings is 3. The lowest BCUT2D eigenvalue weighted by Crippen LogP contribution is -2.39. The first-order valence-corrected chi connectivity index (χ1v) is 9.38. The van der Waals surface area contributed by atoms with Gasteiger partial charge in [0.1, 0.15) is 6.54 Å². The number of hydrogen-bond acceptors (Lipinski definition) is 0. The van der Waals surface area contributed by atoms with E-state index in [1.807, 2.05) is 0 Å². The van der Waals surface area contributed by atoms with Crippen LogP contribution in [0.5, 0.6) is 0 Å². The summed E-state index contributed by atoms with van der Waals surface area (Å²) in [5, 5.41) is 1.37. The summed E-state index contributed by atoms with van der Waals surface area (Å²) in [5.41, 5.74) is 8.25. The van der Waals surface area contributed by atoms with Crippen molar-refractivity contribution in [3.63, 3.8) is 0 Å². The van der Waals surface area contributed by atoms with Crippen molar-refractivity contribution in [2.45, 2.75) is 25.8 Å². The Balaban J connectivity index is 1.80. The molecule has 1 unspecified atom stereocenters. The molecule has 0 radical (unpaired) electrons. The van der Waals surface area contributed by atoms with Crippen molar-refractivity contribution in [1.29, 1.82) is 0 Å². The molecule has 1 atom stereocenters. The second-order valence-electron chi connectivity index (χ2n) is 7.29. The van der Waals surface area contributed by atoms with E-state index in [-0.39, 0.29) is 0 Å². The Morgan fingerprint density at radius 3 is 2.35 bits per heavy atom. The SMILES string of the molecule is Cc1cc2c3c(c1)c(-c1ccccc1)cc[n+]3CCC2c1ccccc1. The van der Waals surface area contributed by atoms with E-state index in [4.69, 9.17) is 0 Å². The summed E-state index contributed by atoms with van der Waals surface area (Å²) < 4.78 is 2.44. The molecule has 0 amide bonds. The van der Waals surface area contributed by atoms with Crippen LogP contribution < -0.4 is 4.57 Å². The Bertz CT molecular complexity index is 1080. The average Bonchev–Trinajstić information content (AvgIpc) is 2.69. The van der Waals surface area contributed by atoms with Crippen LogP contribution in [0, 0.1) is 6.92 Å². The van der Waals surface area contributed by atoms with Gasteiger partial charge in [-0.2, -0.15) is 4.57 Å². The van der Waals surface area contributed by atoms with E-state index in [1.165, 1.54) is 38.7 Å². The summed E-state index contributed by atoms with van der Waals surface area (Å²) in [6, 6.07) is 28.7. The number of rotatable bonds is 2. The van der Waals surface area contributed by atoms with Crippen LogP contribution in [-0.2, 0) is 6.54 Å². The molecule has 126 valence electrons. The van der Waals surface area contributed by atoms with Crippen molar-refractivity contribution < 1.29 is 4.57 Å². The lowest BCUT2D eigenvalue weighted by Gasteiger charge is -2.23. The van der Waals surface area contributed by atoms with Crippen molar-refractivity contribution in [3.05, 3.63) is 102 Å². The van der Waals surface area contributed by atoms with E-state index in [9.17, 15) is 0 Å². The molecular formula is C25H22N+. The van der Waals surface area contributed by atoms with Gasteiger partial charge < -0.3 is 0 Å². The smallest absolute Gasteiger partial charge is 0.198 e. The summed E-state index contributed by atoms with van der Waals surface area (Å²) in [7, 11) is 0. The summed E-state index contributed by atoms with van der Waals surface area (Å²) in [6.45, 7) is 3.29. The van der Waals surface area contributed by atoms with Crippen molar-refractivity contribution in [2.24, 2.45) is 0 Å². The second kappa shape index (κ2) is 6.10. The molecule has 26 heavy (non-hydrogen) atoms. The molecule has 0 saturated heterocycles. The van der Waals surface area contributed by atoms with E-state index < -0.39 is 0 Å². The van der Waals surface area contributed by atoms with Crippen molar-refractivity contribution >= 4 is 10.9 Å². The van der Waals surface area contributed by atoms with Crippen molar-refractivity contribution in [1.82, 2.24) is 0 Å². The van der Waals surface area contributed by atoms with E-state index >= 15 is 0 Å². The van der Waals surface area contributed by atoms with Crippen LogP contribution in [0.1, 0.15) is 29.0 Å². The molecular weight excluding hydrogens is 314 g/mol. The second-order valence-corrected chi connectivity index (χ2v) is 7.29. The maximum atomic E-state index is 2.44. The standard InChI is InChI=1S/C25H22N/c1-18-16-23-21(19-8-4-2-5-9-19)12-14-26-15-13-22(24(17-18)25(23)26)20-10-6-3-7-11-20/h2-12,14,16-17,22H,13,15H2,1H3/q+1. The van der Waals surface area contributed by atoms with Gasteiger partial charge in [-0.05, 0) is 35.7 Å². The van der Waals surface area contributed by atoms with E-state index in [2.05, 4.69) is 96.6 Å². The average molecular weight is 336 g/mol. The van der Waals surface area contributed by atoms with Crippen LogP contribution in [0.3, 0.4) is 0 Å². The minimum atomic E-state index is 0.477. The summed E-state index contributed by atoms with van der Waals surface area (Å²) >= 11 is 0. The molecule has 3 aromatic carbocycles. The molecule has 0 fully saturated rings. The van der Waals surface area contributed by atoms with Gasteiger partial charge in [-0.15, -0.1) is 0 Å². The van der Waals surface area contributed by atoms with Crippen molar-refractivity contribution in [3.8, 4) is 11.1 Å². The highest BCUT2D eigenvalue weighted by Gasteiger charge is 2.29. The Morgan fingerprint density at radius 2 is 1.58 bits per heavy atom. The summed E-state index contributed by atoms with van der Waals surface area (Å²) in [4.78, 5) is 0. The van der Waals surface area contributed by atoms with Gasteiger partial charge in [0.15, 0.2) is 6.20 Å². The Hall–Kier alpha value is -2.93. The Morgan fingerprint density at radius 1 is 0.846 bits per heavy atom. The molecule has 1 aliphatic heterocycles. The van der Waals surface area contributed by atoms with Gasteiger partial charge in [-0.1, -0.05) is 60.7 Å². The molecule has 0 saturated carbocycles. The molecule has 1 nitrogen and oxygen atoms in total. The molecule has 5 rings (SSSR count). The fraction of sp³-hybridized carbons (Fsp3) is 0.160. The Labute approximate surface area is 154 Å². The molecule has 4 aromatic rings. The number of nitrogens with zero attached hydrogens (tertiary/aromatic N) is 1. The summed E-state index contributed by atoms with van der Waals surface area (Å²) in [6.07, 6.45) is 3.43. The first kappa shape index (κ1) is 15.3. The highest BCUT2D eigenvalue weighted by molar-refractivity contribution is 5.95. The summed E-state index contributed by atoms with van der Waals surface area (Å²) in [5.74, 6) is 0.477. The van der Waals surface area contributed by atoms with Gasteiger partial charge in [0.05, 0.1) is 5.39 Å². The van der Waals surface area contributed by atoms with E-state index in [1.54, 1.807) is 0 Å². The number of hydrogen-bond donors (Lipinski definition) is 0. The monoisotopic (exact) mass is 336 g/mol. The molecule has 0 aliphatic carbocycles. The van der Waals surface area contributed by atoms with Gasteiger partial charge in [0, 0.05) is 29.5 Å². The van der Waals surface area contributed by atoms with E-state index in [0.29, 0.717) is 5.92 Å². The molecule has 1 aromatic heterocycles. The van der Waals surface area contributed by atoms with E-state index in [0.717, 1.165) is 13.0 Å².